The molecule has 1 aliphatic heterocycles. The minimum absolute atomic E-state index is 0.468. The first-order valence-corrected chi connectivity index (χ1v) is 4.12. The molecule has 0 saturated heterocycles. The van der Waals surface area contributed by atoms with Gasteiger partial charge in [-0.3, -0.25) is 4.99 Å². The van der Waals surface area contributed by atoms with Gasteiger partial charge in [-0.15, -0.1) is 0 Å². The van der Waals surface area contributed by atoms with Crippen molar-refractivity contribution in [3.63, 3.8) is 0 Å². The van der Waals surface area contributed by atoms with Crippen LogP contribution in [0, 0.1) is 0 Å². The molecule has 0 aliphatic carbocycles. The fraction of sp³-hybridized carbons (Fsp3) is 0.833. The fourth-order valence-corrected chi connectivity index (χ4v) is 1.98. The molecule has 1 rings (SSSR count). The van der Waals surface area contributed by atoms with Gasteiger partial charge in [-0.05, 0) is 6.42 Å². The van der Waals surface area contributed by atoms with Gasteiger partial charge in [0.25, 0.3) is 0 Å². The average Bonchev–Trinajstić information content (AvgIpc) is 2.10. The van der Waals surface area contributed by atoms with Crippen LogP contribution in [-0.4, -0.2) is 16.5 Å². The van der Waals surface area contributed by atoms with Gasteiger partial charge in [-0.25, -0.2) is 0 Å². The van der Waals surface area contributed by atoms with Crippen LogP contribution in [0.1, 0.15) is 20.3 Å². The van der Waals surface area contributed by atoms with Crippen LogP contribution in [0.4, 0.5) is 0 Å². The van der Waals surface area contributed by atoms with Gasteiger partial charge in [0.15, 0.2) is 5.17 Å². The summed E-state index contributed by atoms with van der Waals surface area (Å²) in [6, 6.07) is 0.468. The van der Waals surface area contributed by atoms with Gasteiger partial charge >= 0.3 is 0 Å². The number of hydrogen-bond donors (Lipinski definition) is 1. The van der Waals surface area contributed by atoms with Crippen molar-refractivity contribution in [2.24, 2.45) is 10.7 Å². The van der Waals surface area contributed by atoms with Crippen molar-refractivity contribution in [3.8, 4) is 0 Å². The highest BCUT2D eigenvalue weighted by Crippen LogP contribution is 2.25. The summed E-state index contributed by atoms with van der Waals surface area (Å²) in [7, 11) is 0. The normalized spacial score (nSPS) is 34.7. The molecule has 2 N–H and O–H groups in total. The molecule has 0 unspecified atom stereocenters. The number of thioether (sulfide) groups is 1. The lowest BCUT2D eigenvalue weighted by Crippen LogP contribution is -2.11. The van der Waals surface area contributed by atoms with Gasteiger partial charge in [0.2, 0.25) is 0 Å². The number of nitrogens with zero attached hydrogens (tertiary/aromatic N) is 1. The smallest absolute Gasteiger partial charge is 0.154 e. The van der Waals surface area contributed by atoms with Crippen molar-refractivity contribution >= 4 is 16.9 Å². The maximum atomic E-state index is 5.50. The Hall–Kier alpha value is -0.180. The predicted molar refractivity (Wildman–Crippen MR) is 42.8 cm³/mol. The van der Waals surface area contributed by atoms with Crippen LogP contribution in [-0.2, 0) is 0 Å². The van der Waals surface area contributed by atoms with Crippen molar-refractivity contribution in [1.29, 1.82) is 0 Å². The lowest BCUT2D eigenvalue weighted by atomic mass is 10.2. The second-order valence-corrected chi connectivity index (χ2v) is 3.66. The van der Waals surface area contributed by atoms with E-state index in [4.69, 9.17) is 5.73 Å². The molecule has 1 heterocycles. The zero-order valence-electron chi connectivity index (χ0n) is 5.79. The van der Waals surface area contributed by atoms with E-state index in [9.17, 15) is 0 Å². The first-order chi connectivity index (χ1) is 4.24. The maximum absolute atomic E-state index is 5.50. The van der Waals surface area contributed by atoms with E-state index < -0.39 is 0 Å². The standard InChI is InChI=1S/C6H12N2S/c1-3-5-4(2)9-6(7)8-5/h4-5H,3H2,1-2H3,(H2,7,8)/t4-,5+/m0/s1. The lowest BCUT2D eigenvalue weighted by molar-refractivity contribution is 0.656. The highest BCUT2D eigenvalue weighted by Gasteiger charge is 2.22. The molecule has 0 bridgehead atoms. The Labute approximate surface area is 59.9 Å². The molecule has 0 saturated carbocycles. The number of rotatable bonds is 1. The van der Waals surface area contributed by atoms with Crippen molar-refractivity contribution in [2.75, 3.05) is 0 Å². The average molecular weight is 144 g/mol. The van der Waals surface area contributed by atoms with Gasteiger partial charge in [-0.1, -0.05) is 25.6 Å². The van der Waals surface area contributed by atoms with Crippen LogP contribution in [0.2, 0.25) is 0 Å². The fourth-order valence-electron chi connectivity index (χ4n) is 0.991. The minimum Gasteiger partial charge on any atom is -0.379 e. The minimum atomic E-state index is 0.468. The van der Waals surface area contributed by atoms with Gasteiger partial charge in [-0.2, -0.15) is 0 Å². The molecule has 3 heteroatoms. The predicted octanol–water partition coefficient (Wildman–Crippen LogP) is 1.22. The van der Waals surface area contributed by atoms with Crippen molar-refractivity contribution in [3.05, 3.63) is 0 Å². The molecule has 1 aliphatic rings. The summed E-state index contributed by atoms with van der Waals surface area (Å²) in [5.74, 6) is 0. The Bertz CT molecular complexity index is 133. The lowest BCUT2D eigenvalue weighted by Gasteiger charge is -2.06. The zero-order chi connectivity index (χ0) is 6.85. The molecule has 0 amide bonds. The quantitative estimate of drug-likeness (QED) is 0.601. The summed E-state index contributed by atoms with van der Waals surface area (Å²) in [4.78, 5) is 4.25. The molecular formula is C6H12N2S. The molecule has 0 spiro atoms. The van der Waals surface area contributed by atoms with Crippen molar-refractivity contribution in [1.82, 2.24) is 0 Å². The van der Waals surface area contributed by atoms with Crippen LogP contribution in [0.3, 0.4) is 0 Å². The molecule has 0 aromatic heterocycles. The topological polar surface area (TPSA) is 38.4 Å². The molecule has 0 fully saturated rings. The first kappa shape index (κ1) is 6.93. The number of nitrogens with two attached hydrogens (primary N) is 1. The second-order valence-electron chi connectivity index (χ2n) is 2.27. The van der Waals surface area contributed by atoms with Gasteiger partial charge in [0.05, 0.1) is 6.04 Å². The molecule has 0 aromatic rings. The third kappa shape index (κ3) is 1.39. The molecule has 52 valence electrons. The van der Waals surface area contributed by atoms with Crippen LogP contribution in [0.15, 0.2) is 4.99 Å². The van der Waals surface area contributed by atoms with E-state index in [1.807, 2.05) is 0 Å². The third-order valence-electron chi connectivity index (χ3n) is 1.56. The van der Waals surface area contributed by atoms with E-state index in [0.717, 1.165) is 11.6 Å². The summed E-state index contributed by atoms with van der Waals surface area (Å²) < 4.78 is 0. The van der Waals surface area contributed by atoms with E-state index in [2.05, 4.69) is 18.8 Å². The van der Waals surface area contributed by atoms with E-state index in [0.29, 0.717) is 11.3 Å². The third-order valence-corrected chi connectivity index (χ3v) is 2.59. The van der Waals surface area contributed by atoms with Crippen molar-refractivity contribution in [2.45, 2.75) is 31.6 Å². The van der Waals surface area contributed by atoms with E-state index >= 15 is 0 Å². The summed E-state index contributed by atoms with van der Waals surface area (Å²) >= 11 is 1.68. The van der Waals surface area contributed by atoms with E-state index in [1.165, 1.54) is 0 Å². The van der Waals surface area contributed by atoms with Crippen LogP contribution in [0.25, 0.3) is 0 Å². The van der Waals surface area contributed by atoms with Crippen LogP contribution in [0.5, 0.6) is 0 Å². The molecule has 2 nitrogen and oxygen atoms in total. The monoisotopic (exact) mass is 144 g/mol. The summed E-state index contributed by atoms with van der Waals surface area (Å²) in [5, 5.41) is 1.35. The summed E-state index contributed by atoms with van der Waals surface area (Å²) in [6.07, 6.45) is 1.11. The maximum Gasteiger partial charge on any atom is 0.154 e. The first-order valence-electron chi connectivity index (χ1n) is 3.24. The van der Waals surface area contributed by atoms with Crippen molar-refractivity contribution < 1.29 is 0 Å². The molecule has 2 atom stereocenters. The molecule has 9 heavy (non-hydrogen) atoms. The zero-order valence-corrected chi connectivity index (χ0v) is 6.61. The largest absolute Gasteiger partial charge is 0.379 e. The summed E-state index contributed by atoms with van der Waals surface area (Å²) in [6.45, 7) is 4.31. The van der Waals surface area contributed by atoms with Gasteiger partial charge < -0.3 is 5.73 Å². The number of hydrogen-bond acceptors (Lipinski definition) is 3. The highest BCUT2D eigenvalue weighted by atomic mass is 32.2. The molecular weight excluding hydrogens is 132 g/mol. The SMILES string of the molecule is CC[C@H]1N=C(N)S[C@H]1C. The molecule has 0 aromatic carbocycles. The Morgan fingerprint density at radius 1 is 1.78 bits per heavy atom. The van der Waals surface area contributed by atoms with Crippen LogP contribution >= 0.6 is 11.8 Å². The van der Waals surface area contributed by atoms with Gasteiger partial charge in [0, 0.05) is 5.25 Å². The van der Waals surface area contributed by atoms with Crippen LogP contribution < -0.4 is 5.73 Å². The van der Waals surface area contributed by atoms with Gasteiger partial charge in [0.1, 0.15) is 0 Å². The van der Waals surface area contributed by atoms with E-state index in [-0.39, 0.29) is 0 Å². The number of aliphatic imine (C=N–C) groups is 1. The number of amidine groups is 1. The molecule has 0 radical (unpaired) electrons. The Morgan fingerprint density at radius 3 is 2.67 bits per heavy atom. The Morgan fingerprint density at radius 2 is 2.44 bits per heavy atom. The summed E-state index contributed by atoms with van der Waals surface area (Å²) in [5.41, 5.74) is 5.50. The van der Waals surface area contributed by atoms with E-state index in [1.54, 1.807) is 11.8 Å². The highest BCUT2D eigenvalue weighted by molar-refractivity contribution is 8.14. The Balaban J connectivity index is 2.53. The second kappa shape index (κ2) is 2.60. The Kier molecular flexibility index (Phi) is 2.01.